The van der Waals surface area contributed by atoms with Crippen molar-refractivity contribution in [1.29, 1.82) is 0 Å². The first-order valence-electron chi connectivity index (χ1n) is 8.02. The zero-order valence-electron chi connectivity index (χ0n) is 13.8. The summed E-state index contributed by atoms with van der Waals surface area (Å²) in [6.45, 7) is 4.05. The minimum Gasteiger partial charge on any atom is -0.350 e. The van der Waals surface area contributed by atoms with E-state index in [0.717, 1.165) is 17.5 Å². The first-order chi connectivity index (χ1) is 11.6. The van der Waals surface area contributed by atoms with Crippen LogP contribution in [0.5, 0.6) is 0 Å². The lowest BCUT2D eigenvalue weighted by molar-refractivity contribution is 0.0864. The highest BCUT2D eigenvalue weighted by atomic mass is 16.5. The van der Waals surface area contributed by atoms with Gasteiger partial charge in [-0.25, -0.2) is 0 Å². The van der Waals surface area contributed by atoms with Crippen molar-refractivity contribution in [3.05, 3.63) is 78.1 Å². The van der Waals surface area contributed by atoms with Gasteiger partial charge in [0.25, 0.3) is 5.91 Å². The predicted octanol–water partition coefficient (Wildman–Crippen LogP) is 4.40. The number of amides is 1. The number of aromatic nitrogens is 1. The predicted molar refractivity (Wildman–Crippen MR) is 93.5 cm³/mol. The van der Waals surface area contributed by atoms with Crippen molar-refractivity contribution in [2.24, 2.45) is 0 Å². The number of hydrogen-bond donors (Lipinski definition) is 1. The molecule has 3 aromatic rings. The molecule has 3 rings (SSSR count). The molecule has 0 radical (unpaired) electrons. The van der Waals surface area contributed by atoms with Crippen LogP contribution in [-0.2, 0) is 5.54 Å². The first kappa shape index (κ1) is 16.0. The summed E-state index contributed by atoms with van der Waals surface area (Å²) in [6.07, 6.45) is 0.766. The number of nitrogens with zero attached hydrogens (tertiary/aromatic N) is 1. The quantitative estimate of drug-likeness (QED) is 0.758. The van der Waals surface area contributed by atoms with Gasteiger partial charge in [-0.3, -0.25) is 4.79 Å². The van der Waals surface area contributed by atoms with Gasteiger partial charge in [-0.15, -0.1) is 0 Å². The summed E-state index contributed by atoms with van der Waals surface area (Å²) in [6, 6.07) is 21.2. The molecule has 122 valence electrons. The van der Waals surface area contributed by atoms with E-state index in [2.05, 4.69) is 10.5 Å². The third-order valence-electron chi connectivity index (χ3n) is 4.31. The number of rotatable bonds is 5. The fourth-order valence-electron chi connectivity index (χ4n) is 2.61. The number of nitrogens with one attached hydrogen (secondary N) is 1. The highest BCUT2D eigenvalue weighted by molar-refractivity contribution is 5.93. The topological polar surface area (TPSA) is 55.1 Å². The Morgan fingerprint density at radius 3 is 2.33 bits per heavy atom. The SMILES string of the molecule is CCC(C)(NC(=O)c1cc(-c2ccccc2)no1)c1ccccc1. The van der Waals surface area contributed by atoms with E-state index in [1.54, 1.807) is 6.07 Å². The molecule has 0 saturated heterocycles. The van der Waals surface area contributed by atoms with E-state index in [1.807, 2.05) is 74.5 Å². The number of carbonyl (C=O) groups excluding carboxylic acids is 1. The molecule has 24 heavy (non-hydrogen) atoms. The summed E-state index contributed by atoms with van der Waals surface area (Å²) in [5, 5.41) is 7.07. The fourth-order valence-corrected chi connectivity index (χ4v) is 2.61. The van der Waals surface area contributed by atoms with E-state index in [4.69, 9.17) is 4.52 Å². The maximum Gasteiger partial charge on any atom is 0.290 e. The zero-order chi connectivity index (χ0) is 17.0. The van der Waals surface area contributed by atoms with E-state index in [1.165, 1.54) is 0 Å². The minimum atomic E-state index is -0.460. The van der Waals surface area contributed by atoms with Crippen molar-refractivity contribution in [3.63, 3.8) is 0 Å². The van der Waals surface area contributed by atoms with Crippen LogP contribution in [0, 0.1) is 0 Å². The van der Waals surface area contributed by atoms with E-state index in [9.17, 15) is 4.79 Å². The molecule has 2 aromatic carbocycles. The summed E-state index contributed by atoms with van der Waals surface area (Å²) >= 11 is 0. The van der Waals surface area contributed by atoms with Crippen LogP contribution in [0.1, 0.15) is 36.4 Å². The molecule has 1 N–H and O–H groups in total. The molecule has 0 fully saturated rings. The second-order valence-corrected chi connectivity index (χ2v) is 5.95. The van der Waals surface area contributed by atoms with Crippen LogP contribution in [0.2, 0.25) is 0 Å². The monoisotopic (exact) mass is 320 g/mol. The van der Waals surface area contributed by atoms with Gasteiger partial charge in [0.15, 0.2) is 0 Å². The largest absolute Gasteiger partial charge is 0.350 e. The third kappa shape index (κ3) is 3.23. The van der Waals surface area contributed by atoms with Crippen LogP contribution in [0.25, 0.3) is 11.3 Å². The second kappa shape index (κ2) is 6.71. The van der Waals surface area contributed by atoms with Crippen LogP contribution in [-0.4, -0.2) is 11.1 Å². The summed E-state index contributed by atoms with van der Waals surface area (Å²) in [5.74, 6) is -0.0534. The zero-order valence-corrected chi connectivity index (χ0v) is 13.8. The molecule has 1 amide bonds. The molecule has 0 aliphatic rings. The Hall–Kier alpha value is -2.88. The van der Waals surface area contributed by atoms with E-state index < -0.39 is 5.54 Å². The van der Waals surface area contributed by atoms with Gasteiger partial charge in [-0.2, -0.15) is 0 Å². The fraction of sp³-hybridized carbons (Fsp3) is 0.200. The smallest absolute Gasteiger partial charge is 0.290 e. The molecule has 0 bridgehead atoms. The molecule has 1 atom stereocenters. The highest BCUT2D eigenvalue weighted by Crippen LogP contribution is 2.25. The Bertz CT molecular complexity index is 812. The number of hydrogen-bond acceptors (Lipinski definition) is 3. The van der Waals surface area contributed by atoms with Crippen molar-refractivity contribution in [1.82, 2.24) is 10.5 Å². The lowest BCUT2D eigenvalue weighted by atomic mass is 9.89. The van der Waals surface area contributed by atoms with Crippen LogP contribution < -0.4 is 5.32 Å². The second-order valence-electron chi connectivity index (χ2n) is 5.95. The van der Waals surface area contributed by atoms with Crippen molar-refractivity contribution < 1.29 is 9.32 Å². The maximum absolute atomic E-state index is 12.6. The summed E-state index contributed by atoms with van der Waals surface area (Å²) in [7, 11) is 0. The summed E-state index contributed by atoms with van der Waals surface area (Å²) in [5.41, 5.74) is 2.17. The lowest BCUT2D eigenvalue weighted by Gasteiger charge is -2.29. The average molecular weight is 320 g/mol. The van der Waals surface area contributed by atoms with Gasteiger partial charge in [-0.1, -0.05) is 72.7 Å². The highest BCUT2D eigenvalue weighted by Gasteiger charge is 2.28. The molecular weight excluding hydrogens is 300 g/mol. The number of benzene rings is 2. The molecular formula is C20H20N2O2. The lowest BCUT2D eigenvalue weighted by Crippen LogP contribution is -2.42. The molecule has 0 saturated carbocycles. The normalized spacial score (nSPS) is 13.2. The Labute approximate surface area is 141 Å². The van der Waals surface area contributed by atoms with E-state index >= 15 is 0 Å². The summed E-state index contributed by atoms with van der Waals surface area (Å²) in [4.78, 5) is 12.6. The van der Waals surface area contributed by atoms with Gasteiger partial charge in [0, 0.05) is 11.6 Å². The van der Waals surface area contributed by atoms with Crippen LogP contribution in [0.15, 0.2) is 71.3 Å². The molecule has 0 aliphatic carbocycles. The van der Waals surface area contributed by atoms with Gasteiger partial charge >= 0.3 is 0 Å². The Kier molecular flexibility index (Phi) is 4.47. The maximum atomic E-state index is 12.6. The molecule has 0 aliphatic heterocycles. The molecule has 4 heteroatoms. The molecule has 4 nitrogen and oxygen atoms in total. The minimum absolute atomic E-state index is 0.212. The van der Waals surface area contributed by atoms with Gasteiger partial charge in [0.2, 0.25) is 5.76 Å². The van der Waals surface area contributed by atoms with Gasteiger partial charge < -0.3 is 9.84 Å². The van der Waals surface area contributed by atoms with Gasteiger partial charge in [-0.05, 0) is 18.9 Å². The van der Waals surface area contributed by atoms with Crippen molar-refractivity contribution in [2.45, 2.75) is 25.8 Å². The Morgan fingerprint density at radius 2 is 1.71 bits per heavy atom. The van der Waals surface area contributed by atoms with Gasteiger partial charge in [0.05, 0.1) is 5.54 Å². The molecule has 1 aromatic heterocycles. The third-order valence-corrected chi connectivity index (χ3v) is 4.31. The van der Waals surface area contributed by atoms with E-state index in [0.29, 0.717) is 5.69 Å². The Balaban J connectivity index is 1.81. The number of carbonyl (C=O) groups is 1. The van der Waals surface area contributed by atoms with Crippen molar-refractivity contribution in [2.75, 3.05) is 0 Å². The molecule has 1 unspecified atom stereocenters. The standard InChI is InChI=1S/C20H20N2O2/c1-3-20(2,16-12-8-5-9-13-16)21-19(23)18-14-17(22-24-18)15-10-6-4-7-11-15/h4-14H,3H2,1-2H3,(H,21,23). The van der Waals surface area contributed by atoms with Crippen molar-refractivity contribution >= 4 is 5.91 Å². The first-order valence-corrected chi connectivity index (χ1v) is 8.02. The molecule has 1 heterocycles. The van der Waals surface area contributed by atoms with Gasteiger partial charge in [0.1, 0.15) is 5.69 Å². The van der Waals surface area contributed by atoms with Crippen molar-refractivity contribution in [3.8, 4) is 11.3 Å². The van der Waals surface area contributed by atoms with Crippen LogP contribution >= 0.6 is 0 Å². The summed E-state index contributed by atoms with van der Waals surface area (Å²) < 4.78 is 5.25. The van der Waals surface area contributed by atoms with E-state index in [-0.39, 0.29) is 11.7 Å². The van der Waals surface area contributed by atoms with Crippen LogP contribution in [0.3, 0.4) is 0 Å². The Morgan fingerprint density at radius 1 is 1.08 bits per heavy atom. The molecule has 0 spiro atoms. The average Bonchev–Trinajstić information content (AvgIpc) is 3.13. The van der Waals surface area contributed by atoms with Crippen LogP contribution in [0.4, 0.5) is 0 Å².